The fraction of sp³-hybridized carbons (Fsp3) is 0.757. The summed E-state index contributed by atoms with van der Waals surface area (Å²) in [6.45, 7) is 3.96. The number of carbonyl (C=O) groups is 1. The predicted octanol–water partition coefficient (Wildman–Crippen LogP) is 9.38. The maximum absolute atomic E-state index is 12.6. The molecule has 0 radical (unpaired) electrons. The zero-order valence-corrected chi connectivity index (χ0v) is 30.2. The third-order valence-electron chi connectivity index (χ3n) is 7.66. The highest BCUT2D eigenvalue weighted by molar-refractivity contribution is 7.47. The molecule has 0 heterocycles. The Morgan fingerprint density at radius 1 is 0.739 bits per heavy atom. The number of hydrogen-bond acceptors (Lipinski definition) is 6. The fourth-order valence-corrected chi connectivity index (χ4v) is 5.67. The summed E-state index contributed by atoms with van der Waals surface area (Å²) in [5.74, 6) is -0.226. The first-order valence-corrected chi connectivity index (χ1v) is 19.8. The van der Waals surface area contributed by atoms with Gasteiger partial charge in [0.05, 0.1) is 25.4 Å². The number of amides is 1. The SMILES string of the molecule is CC/C=C\C/C=C\C/C=C\CCCCCC(=O)NC(COP(=O)(O)OCCN)C(O)/C=C/CCCCCCCCCCCCCC. The molecule has 0 fully saturated rings. The van der Waals surface area contributed by atoms with Crippen molar-refractivity contribution in [2.45, 2.75) is 161 Å². The van der Waals surface area contributed by atoms with E-state index < -0.39 is 20.0 Å². The van der Waals surface area contributed by atoms with Crippen LogP contribution >= 0.6 is 7.82 Å². The van der Waals surface area contributed by atoms with Crippen molar-refractivity contribution in [2.75, 3.05) is 19.8 Å². The van der Waals surface area contributed by atoms with Crippen LogP contribution < -0.4 is 11.1 Å². The second-order valence-electron chi connectivity index (χ2n) is 12.0. The van der Waals surface area contributed by atoms with Crippen LogP contribution in [-0.4, -0.2) is 47.8 Å². The Morgan fingerprint density at radius 2 is 1.26 bits per heavy atom. The molecular weight excluding hydrogens is 599 g/mol. The van der Waals surface area contributed by atoms with E-state index in [9.17, 15) is 19.4 Å². The summed E-state index contributed by atoms with van der Waals surface area (Å²) in [7, 11) is -4.34. The summed E-state index contributed by atoms with van der Waals surface area (Å²) in [4.78, 5) is 22.5. The number of nitrogens with one attached hydrogen (secondary N) is 1. The van der Waals surface area contributed by atoms with Crippen LogP contribution in [0, 0.1) is 0 Å². The van der Waals surface area contributed by atoms with Crippen molar-refractivity contribution in [3.8, 4) is 0 Å². The van der Waals surface area contributed by atoms with Gasteiger partial charge in [0.1, 0.15) is 0 Å². The molecule has 0 aliphatic rings. The van der Waals surface area contributed by atoms with Crippen molar-refractivity contribution in [3.63, 3.8) is 0 Å². The van der Waals surface area contributed by atoms with Crippen LogP contribution in [0.1, 0.15) is 149 Å². The van der Waals surface area contributed by atoms with E-state index in [1.807, 2.05) is 6.08 Å². The molecule has 268 valence electrons. The second kappa shape index (κ2) is 33.4. The molecule has 5 N–H and O–H groups in total. The molecule has 0 saturated heterocycles. The molecule has 0 aliphatic heterocycles. The lowest BCUT2D eigenvalue weighted by Crippen LogP contribution is -2.45. The van der Waals surface area contributed by atoms with Gasteiger partial charge in [-0.1, -0.05) is 140 Å². The lowest BCUT2D eigenvalue weighted by atomic mass is 10.0. The first-order chi connectivity index (χ1) is 22.4. The Balaban J connectivity index is 4.41. The maximum Gasteiger partial charge on any atom is 0.472 e. The molecule has 1 amide bonds. The highest BCUT2D eigenvalue weighted by Gasteiger charge is 2.26. The van der Waals surface area contributed by atoms with Gasteiger partial charge in [0.15, 0.2) is 0 Å². The summed E-state index contributed by atoms with van der Waals surface area (Å²) < 4.78 is 22.0. The largest absolute Gasteiger partial charge is 0.472 e. The summed E-state index contributed by atoms with van der Waals surface area (Å²) in [6, 6.07) is -0.874. The smallest absolute Gasteiger partial charge is 0.387 e. The van der Waals surface area contributed by atoms with Crippen LogP contribution in [0.15, 0.2) is 48.6 Å². The molecule has 8 nitrogen and oxygen atoms in total. The van der Waals surface area contributed by atoms with Gasteiger partial charge in [-0.3, -0.25) is 13.8 Å². The maximum atomic E-state index is 12.6. The molecule has 3 atom stereocenters. The van der Waals surface area contributed by atoms with Crippen LogP contribution in [0.2, 0.25) is 0 Å². The van der Waals surface area contributed by atoms with Gasteiger partial charge in [0.25, 0.3) is 0 Å². The van der Waals surface area contributed by atoms with Crippen LogP contribution in [0.3, 0.4) is 0 Å². The van der Waals surface area contributed by atoms with E-state index in [-0.39, 0.29) is 25.7 Å². The van der Waals surface area contributed by atoms with Crippen molar-refractivity contribution in [1.29, 1.82) is 0 Å². The van der Waals surface area contributed by atoms with E-state index >= 15 is 0 Å². The van der Waals surface area contributed by atoms with E-state index in [0.717, 1.165) is 64.2 Å². The number of phosphoric acid groups is 1. The minimum atomic E-state index is -4.34. The lowest BCUT2D eigenvalue weighted by Gasteiger charge is -2.23. The van der Waals surface area contributed by atoms with Crippen molar-refractivity contribution in [1.82, 2.24) is 5.32 Å². The lowest BCUT2D eigenvalue weighted by molar-refractivity contribution is -0.123. The first-order valence-electron chi connectivity index (χ1n) is 18.3. The third-order valence-corrected chi connectivity index (χ3v) is 8.64. The third kappa shape index (κ3) is 31.1. The van der Waals surface area contributed by atoms with Gasteiger partial charge < -0.3 is 21.1 Å². The molecule has 0 saturated carbocycles. The van der Waals surface area contributed by atoms with Gasteiger partial charge >= 0.3 is 7.82 Å². The second-order valence-corrected chi connectivity index (χ2v) is 13.5. The van der Waals surface area contributed by atoms with Crippen LogP contribution in [0.25, 0.3) is 0 Å². The van der Waals surface area contributed by atoms with Gasteiger partial charge in [0.2, 0.25) is 5.91 Å². The molecule has 0 bridgehead atoms. The zero-order chi connectivity index (χ0) is 34.0. The van der Waals surface area contributed by atoms with Crippen molar-refractivity contribution < 1.29 is 28.4 Å². The minimum Gasteiger partial charge on any atom is -0.387 e. The number of rotatable bonds is 33. The molecule has 46 heavy (non-hydrogen) atoms. The van der Waals surface area contributed by atoms with Gasteiger partial charge in [-0.15, -0.1) is 0 Å². The Morgan fingerprint density at radius 3 is 1.85 bits per heavy atom. The highest BCUT2D eigenvalue weighted by atomic mass is 31.2. The van der Waals surface area contributed by atoms with Crippen molar-refractivity contribution in [3.05, 3.63) is 48.6 Å². The fourth-order valence-electron chi connectivity index (χ4n) is 4.91. The number of carbonyl (C=O) groups excluding carboxylic acids is 1. The number of aliphatic hydroxyl groups is 1. The Kier molecular flexibility index (Phi) is 32.2. The van der Waals surface area contributed by atoms with Crippen molar-refractivity contribution >= 4 is 13.7 Å². The summed E-state index contributed by atoms with van der Waals surface area (Å²) in [6.07, 6.45) is 38.7. The van der Waals surface area contributed by atoms with E-state index in [0.29, 0.717) is 6.42 Å². The molecule has 0 spiro atoms. The van der Waals surface area contributed by atoms with Crippen molar-refractivity contribution in [2.24, 2.45) is 5.73 Å². The minimum absolute atomic E-state index is 0.0718. The van der Waals surface area contributed by atoms with E-state index in [2.05, 4.69) is 55.6 Å². The van der Waals surface area contributed by atoms with Gasteiger partial charge in [-0.25, -0.2) is 4.57 Å². The number of aliphatic hydroxyl groups excluding tert-OH is 1. The topological polar surface area (TPSA) is 131 Å². The Bertz CT molecular complexity index is 861. The summed E-state index contributed by atoms with van der Waals surface area (Å²) in [5, 5.41) is 13.6. The standard InChI is InChI=1S/C37H69N2O6P/c1-3-5-7-9-11-13-15-17-19-20-22-24-26-28-30-36(40)35(34-45-46(42,43)44-33-32-38)39-37(41)31-29-27-25-23-21-18-16-14-12-10-8-6-4-2/h6,8,12,14,18,21,28,30,35-36,40H,3-5,7,9-11,13,15-17,19-20,22-27,29,31-34,38H2,1-2H3,(H,39,41)(H,42,43)/b8-6-,14-12-,21-18-,30-28+. The number of phosphoric ester groups is 1. The molecule has 3 unspecified atom stereocenters. The van der Waals surface area contributed by atoms with Crippen LogP contribution in [-0.2, 0) is 18.4 Å². The first kappa shape index (κ1) is 44.5. The number of nitrogens with two attached hydrogens (primary N) is 1. The van der Waals surface area contributed by atoms with Crippen LogP contribution in [0.5, 0.6) is 0 Å². The number of hydrogen-bond donors (Lipinski definition) is 4. The normalized spacial score (nSPS) is 15.0. The number of allylic oxidation sites excluding steroid dienone is 7. The molecule has 0 aromatic carbocycles. The molecule has 9 heteroatoms. The quantitative estimate of drug-likeness (QED) is 0.0311. The van der Waals surface area contributed by atoms with E-state index in [1.54, 1.807) is 6.08 Å². The monoisotopic (exact) mass is 668 g/mol. The Labute approximate surface area is 282 Å². The summed E-state index contributed by atoms with van der Waals surface area (Å²) in [5.41, 5.74) is 5.35. The average molecular weight is 669 g/mol. The predicted molar refractivity (Wildman–Crippen MR) is 194 cm³/mol. The van der Waals surface area contributed by atoms with Gasteiger partial charge in [-0.2, -0.15) is 0 Å². The zero-order valence-electron chi connectivity index (χ0n) is 29.3. The van der Waals surface area contributed by atoms with E-state index in [1.165, 1.54) is 64.2 Å². The van der Waals surface area contributed by atoms with Crippen LogP contribution in [0.4, 0.5) is 0 Å². The molecule has 0 aliphatic carbocycles. The number of unbranched alkanes of at least 4 members (excludes halogenated alkanes) is 15. The highest BCUT2D eigenvalue weighted by Crippen LogP contribution is 2.43. The Hall–Kier alpha value is -1.54. The molecular formula is C37H69N2O6P. The summed E-state index contributed by atoms with van der Waals surface area (Å²) >= 11 is 0. The molecule has 0 aromatic heterocycles. The molecule has 0 aromatic rings. The van der Waals surface area contributed by atoms with Gasteiger partial charge in [-0.05, 0) is 51.4 Å². The average Bonchev–Trinajstić information content (AvgIpc) is 3.04. The van der Waals surface area contributed by atoms with Gasteiger partial charge in [0, 0.05) is 13.0 Å². The molecule has 0 rings (SSSR count). The van der Waals surface area contributed by atoms with E-state index in [4.69, 9.17) is 14.8 Å².